The molecule has 0 spiro atoms. The molecule has 0 atom stereocenters. The number of anilines is 2. The van der Waals surface area contributed by atoms with Gasteiger partial charge in [-0.15, -0.1) is 0 Å². The summed E-state index contributed by atoms with van der Waals surface area (Å²) in [5.74, 6) is -0.213. The first kappa shape index (κ1) is 16.3. The van der Waals surface area contributed by atoms with Gasteiger partial charge in [0.1, 0.15) is 0 Å². The van der Waals surface area contributed by atoms with E-state index in [-0.39, 0.29) is 11.8 Å². The fourth-order valence-electron chi connectivity index (χ4n) is 3.30. The summed E-state index contributed by atoms with van der Waals surface area (Å²) in [6.07, 6.45) is 1.36. The van der Waals surface area contributed by atoms with E-state index in [1.165, 1.54) is 0 Å². The third-order valence-electron chi connectivity index (χ3n) is 4.51. The largest absolute Gasteiger partial charge is 0.336 e. The summed E-state index contributed by atoms with van der Waals surface area (Å²) in [6, 6.07) is 9.04. The lowest BCUT2D eigenvalue weighted by atomic mass is 10.1. The van der Waals surface area contributed by atoms with Gasteiger partial charge < -0.3 is 14.7 Å². The summed E-state index contributed by atoms with van der Waals surface area (Å²) in [5, 5.41) is 7.44. The number of nitrogens with one attached hydrogen (secondary N) is 1. The second-order valence-electron chi connectivity index (χ2n) is 6.38. The maximum absolute atomic E-state index is 13.0. The standard InChI is InChI=1S/C19H18N4O3/c1-11-10-13(17-12(2)22-26-19(17)20-11)18(25)21-14-6-3-4-7-15(14)23-9-5-8-16(23)24/h3-4,6-7,10H,5,8-9H2,1-2H3,(H,21,25). The maximum Gasteiger partial charge on any atom is 0.258 e. The second-order valence-corrected chi connectivity index (χ2v) is 6.38. The number of carbonyl (C=O) groups excluding carboxylic acids is 2. The van der Waals surface area contributed by atoms with Gasteiger partial charge in [-0.1, -0.05) is 17.3 Å². The molecular weight excluding hydrogens is 332 g/mol. The van der Waals surface area contributed by atoms with Crippen LogP contribution >= 0.6 is 0 Å². The molecule has 1 aliphatic heterocycles. The van der Waals surface area contributed by atoms with Crippen LogP contribution in [0, 0.1) is 13.8 Å². The molecule has 0 bridgehead atoms. The zero-order chi connectivity index (χ0) is 18.3. The fraction of sp³-hybridized carbons (Fsp3) is 0.263. The molecule has 2 aromatic heterocycles. The third kappa shape index (κ3) is 2.71. The van der Waals surface area contributed by atoms with Crippen LogP contribution in [0.2, 0.25) is 0 Å². The van der Waals surface area contributed by atoms with E-state index < -0.39 is 0 Å². The molecule has 1 N–H and O–H groups in total. The number of fused-ring (bicyclic) bond motifs is 1. The summed E-state index contributed by atoms with van der Waals surface area (Å²) in [6.45, 7) is 4.23. The molecule has 1 aromatic carbocycles. The van der Waals surface area contributed by atoms with E-state index in [1.807, 2.05) is 18.2 Å². The Morgan fingerprint density at radius 3 is 2.85 bits per heavy atom. The number of para-hydroxylation sites is 2. The van der Waals surface area contributed by atoms with Crippen LogP contribution in [0.4, 0.5) is 11.4 Å². The van der Waals surface area contributed by atoms with E-state index in [4.69, 9.17) is 4.52 Å². The molecule has 0 radical (unpaired) electrons. The van der Waals surface area contributed by atoms with Gasteiger partial charge in [-0.25, -0.2) is 4.98 Å². The SMILES string of the molecule is Cc1cc(C(=O)Nc2ccccc2N2CCCC2=O)c2c(C)noc2n1. The van der Waals surface area contributed by atoms with Gasteiger partial charge in [-0.2, -0.15) is 0 Å². The van der Waals surface area contributed by atoms with Gasteiger partial charge >= 0.3 is 0 Å². The van der Waals surface area contributed by atoms with Crippen LogP contribution in [0.3, 0.4) is 0 Å². The number of aromatic nitrogens is 2. The van der Waals surface area contributed by atoms with E-state index in [0.29, 0.717) is 52.4 Å². The van der Waals surface area contributed by atoms with Crippen molar-refractivity contribution in [2.45, 2.75) is 26.7 Å². The molecule has 4 rings (SSSR count). The summed E-state index contributed by atoms with van der Waals surface area (Å²) in [7, 11) is 0. The van der Waals surface area contributed by atoms with Crippen LogP contribution in [0.5, 0.6) is 0 Å². The van der Waals surface area contributed by atoms with Crippen molar-refractivity contribution in [2.75, 3.05) is 16.8 Å². The van der Waals surface area contributed by atoms with Crippen LogP contribution in [-0.4, -0.2) is 28.5 Å². The molecule has 0 saturated carbocycles. The van der Waals surface area contributed by atoms with E-state index in [1.54, 1.807) is 30.9 Å². The second kappa shape index (κ2) is 6.25. The minimum Gasteiger partial charge on any atom is -0.336 e. The average molecular weight is 350 g/mol. The Bertz CT molecular complexity index is 1020. The summed E-state index contributed by atoms with van der Waals surface area (Å²) in [5.41, 5.74) is 3.39. The average Bonchev–Trinajstić information content (AvgIpc) is 3.20. The quantitative estimate of drug-likeness (QED) is 0.783. The summed E-state index contributed by atoms with van der Waals surface area (Å²) in [4.78, 5) is 31.1. The van der Waals surface area contributed by atoms with E-state index in [0.717, 1.165) is 6.42 Å². The van der Waals surface area contributed by atoms with Gasteiger partial charge in [0.15, 0.2) is 0 Å². The van der Waals surface area contributed by atoms with Crippen molar-refractivity contribution in [3.8, 4) is 0 Å². The summed E-state index contributed by atoms with van der Waals surface area (Å²) < 4.78 is 5.20. The minimum absolute atomic E-state index is 0.0729. The molecule has 7 heteroatoms. The Morgan fingerprint density at radius 1 is 1.27 bits per heavy atom. The highest BCUT2D eigenvalue weighted by Crippen LogP contribution is 2.30. The van der Waals surface area contributed by atoms with Crippen molar-refractivity contribution in [1.29, 1.82) is 0 Å². The molecule has 0 unspecified atom stereocenters. The van der Waals surface area contributed by atoms with Crippen molar-refractivity contribution in [1.82, 2.24) is 10.1 Å². The van der Waals surface area contributed by atoms with Gasteiger partial charge in [0, 0.05) is 18.7 Å². The third-order valence-corrected chi connectivity index (χ3v) is 4.51. The predicted molar refractivity (Wildman–Crippen MR) is 97.3 cm³/mol. The predicted octanol–water partition coefficient (Wildman–Crippen LogP) is 3.22. The molecule has 3 aromatic rings. The number of pyridine rings is 1. The first-order valence-corrected chi connectivity index (χ1v) is 8.49. The Labute approximate surface area is 150 Å². The van der Waals surface area contributed by atoms with Crippen LogP contribution < -0.4 is 10.2 Å². The Hall–Kier alpha value is -3.22. The molecule has 7 nitrogen and oxygen atoms in total. The number of hydrogen-bond donors (Lipinski definition) is 1. The van der Waals surface area contributed by atoms with Crippen LogP contribution in [0.25, 0.3) is 11.1 Å². The monoisotopic (exact) mass is 350 g/mol. The number of hydrogen-bond acceptors (Lipinski definition) is 5. The Balaban J connectivity index is 1.72. The lowest BCUT2D eigenvalue weighted by Gasteiger charge is -2.20. The summed E-state index contributed by atoms with van der Waals surface area (Å²) >= 11 is 0. The normalized spacial score (nSPS) is 14.2. The smallest absolute Gasteiger partial charge is 0.258 e. The van der Waals surface area contributed by atoms with Crippen molar-refractivity contribution >= 4 is 34.3 Å². The Morgan fingerprint density at radius 2 is 2.08 bits per heavy atom. The molecule has 1 fully saturated rings. The van der Waals surface area contributed by atoms with Crippen LogP contribution in [-0.2, 0) is 4.79 Å². The lowest BCUT2D eigenvalue weighted by molar-refractivity contribution is -0.117. The topological polar surface area (TPSA) is 88.3 Å². The Kier molecular flexibility index (Phi) is 3.91. The fourth-order valence-corrected chi connectivity index (χ4v) is 3.30. The van der Waals surface area contributed by atoms with Crippen LogP contribution in [0.15, 0.2) is 34.9 Å². The first-order chi connectivity index (χ1) is 12.5. The minimum atomic E-state index is -0.286. The molecule has 132 valence electrons. The van der Waals surface area contributed by atoms with Crippen molar-refractivity contribution in [2.24, 2.45) is 0 Å². The number of rotatable bonds is 3. The molecular formula is C19H18N4O3. The van der Waals surface area contributed by atoms with E-state index >= 15 is 0 Å². The van der Waals surface area contributed by atoms with Gasteiger partial charge in [0.25, 0.3) is 11.6 Å². The van der Waals surface area contributed by atoms with Gasteiger partial charge in [-0.05, 0) is 38.5 Å². The molecule has 26 heavy (non-hydrogen) atoms. The maximum atomic E-state index is 13.0. The van der Waals surface area contributed by atoms with Crippen molar-refractivity contribution in [3.63, 3.8) is 0 Å². The van der Waals surface area contributed by atoms with E-state index in [2.05, 4.69) is 15.5 Å². The van der Waals surface area contributed by atoms with Crippen molar-refractivity contribution in [3.05, 3.63) is 47.3 Å². The zero-order valence-corrected chi connectivity index (χ0v) is 14.6. The zero-order valence-electron chi connectivity index (χ0n) is 14.6. The first-order valence-electron chi connectivity index (χ1n) is 8.49. The molecule has 3 heterocycles. The molecule has 1 saturated heterocycles. The van der Waals surface area contributed by atoms with Gasteiger partial charge in [-0.3, -0.25) is 9.59 Å². The van der Waals surface area contributed by atoms with Crippen LogP contribution in [0.1, 0.15) is 34.6 Å². The molecule has 2 amide bonds. The number of carbonyl (C=O) groups is 2. The van der Waals surface area contributed by atoms with Crippen molar-refractivity contribution < 1.29 is 14.1 Å². The number of nitrogens with zero attached hydrogens (tertiary/aromatic N) is 3. The number of benzene rings is 1. The lowest BCUT2D eigenvalue weighted by Crippen LogP contribution is -2.25. The molecule has 1 aliphatic rings. The number of amides is 2. The van der Waals surface area contributed by atoms with Gasteiger partial charge in [0.2, 0.25) is 5.91 Å². The number of aryl methyl sites for hydroxylation is 2. The van der Waals surface area contributed by atoms with Gasteiger partial charge in [0.05, 0.1) is 28.0 Å². The van der Waals surface area contributed by atoms with E-state index in [9.17, 15) is 9.59 Å². The molecule has 0 aliphatic carbocycles. The highest BCUT2D eigenvalue weighted by Gasteiger charge is 2.25. The highest BCUT2D eigenvalue weighted by atomic mass is 16.5. The highest BCUT2D eigenvalue weighted by molar-refractivity contribution is 6.14.